The van der Waals surface area contributed by atoms with Crippen molar-refractivity contribution in [1.82, 2.24) is 0 Å². The van der Waals surface area contributed by atoms with Gasteiger partial charge in [0.05, 0.1) is 12.2 Å². The van der Waals surface area contributed by atoms with Crippen molar-refractivity contribution in [3.8, 4) is 5.75 Å². The maximum Gasteiger partial charge on any atom is 0.573 e. The van der Waals surface area contributed by atoms with Crippen LogP contribution in [0.4, 0.5) is 13.2 Å². The molecule has 18 heavy (non-hydrogen) atoms. The molecular formula is C12H15F3O3. The van der Waals surface area contributed by atoms with Crippen LogP contribution in [0, 0.1) is 0 Å². The van der Waals surface area contributed by atoms with E-state index in [-0.39, 0.29) is 11.9 Å². The molecule has 0 amide bonds. The Morgan fingerprint density at radius 3 is 2.56 bits per heavy atom. The molecule has 0 aromatic heterocycles. The second-order valence-corrected chi connectivity index (χ2v) is 3.92. The van der Waals surface area contributed by atoms with E-state index in [1.165, 1.54) is 31.4 Å². The summed E-state index contributed by atoms with van der Waals surface area (Å²) in [5.41, 5.74) is 0.362. The van der Waals surface area contributed by atoms with E-state index in [1.807, 2.05) is 0 Å². The van der Waals surface area contributed by atoms with Crippen LogP contribution in [0.5, 0.6) is 5.75 Å². The third-order valence-electron chi connectivity index (χ3n) is 2.43. The SMILES string of the molecule is COC(C)CC(O)c1cccc(OC(F)(F)F)c1. The van der Waals surface area contributed by atoms with Gasteiger partial charge in [-0.25, -0.2) is 0 Å². The predicted molar refractivity (Wildman–Crippen MR) is 59.2 cm³/mol. The van der Waals surface area contributed by atoms with E-state index in [0.29, 0.717) is 12.0 Å². The molecule has 0 aliphatic rings. The average molecular weight is 264 g/mol. The molecular weight excluding hydrogens is 249 g/mol. The average Bonchev–Trinajstić information content (AvgIpc) is 2.26. The topological polar surface area (TPSA) is 38.7 Å². The minimum absolute atomic E-state index is 0.188. The molecule has 0 fully saturated rings. The molecule has 1 rings (SSSR count). The molecule has 0 radical (unpaired) electrons. The van der Waals surface area contributed by atoms with Gasteiger partial charge in [0, 0.05) is 13.5 Å². The Morgan fingerprint density at radius 2 is 2.00 bits per heavy atom. The van der Waals surface area contributed by atoms with Crippen molar-refractivity contribution in [2.24, 2.45) is 0 Å². The van der Waals surface area contributed by atoms with Crippen molar-refractivity contribution in [2.75, 3.05) is 7.11 Å². The van der Waals surface area contributed by atoms with Gasteiger partial charge in [0.1, 0.15) is 5.75 Å². The van der Waals surface area contributed by atoms with Gasteiger partial charge in [-0.05, 0) is 24.6 Å². The zero-order valence-electron chi connectivity index (χ0n) is 10.1. The zero-order valence-corrected chi connectivity index (χ0v) is 10.1. The van der Waals surface area contributed by atoms with Crippen LogP contribution < -0.4 is 4.74 Å². The van der Waals surface area contributed by atoms with Crippen LogP contribution in [0.1, 0.15) is 25.0 Å². The maximum absolute atomic E-state index is 12.0. The lowest BCUT2D eigenvalue weighted by atomic mass is 10.0. The van der Waals surface area contributed by atoms with Crippen LogP contribution >= 0.6 is 0 Å². The van der Waals surface area contributed by atoms with Gasteiger partial charge in [0.2, 0.25) is 0 Å². The monoisotopic (exact) mass is 264 g/mol. The third-order valence-corrected chi connectivity index (χ3v) is 2.43. The summed E-state index contributed by atoms with van der Waals surface area (Å²) in [5.74, 6) is -0.343. The Bertz CT molecular complexity index is 379. The van der Waals surface area contributed by atoms with Crippen molar-refractivity contribution in [1.29, 1.82) is 0 Å². The first-order chi connectivity index (χ1) is 8.31. The molecule has 6 heteroatoms. The molecule has 0 aliphatic carbocycles. The highest BCUT2D eigenvalue weighted by Gasteiger charge is 2.31. The molecule has 1 N–H and O–H groups in total. The molecule has 102 valence electrons. The Kier molecular flexibility index (Phi) is 4.98. The normalized spacial score (nSPS) is 15.2. The lowest BCUT2D eigenvalue weighted by molar-refractivity contribution is -0.274. The highest BCUT2D eigenvalue weighted by atomic mass is 19.4. The summed E-state index contributed by atoms with van der Waals surface area (Å²) in [4.78, 5) is 0. The second kappa shape index (κ2) is 6.06. The van der Waals surface area contributed by atoms with Crippen LogP contribution in [0.3, 0.4) is 0 Å². The fourth-order valence-corrected chi connectivity index (χ4v) is 1.47. The number of benzene rings is 1. The largest absolute Gasteiger partial charge is 0.573 e. The lowest BCUT2D eigenvalue weighted by Crippen LogP contribution is -2.17. The molecule has 0 saturated heterocycles. The molecule has 0 saturated carbocycles. The zero-order chi connectivity index (χ0) is 13.8. The molecule has 0 aliphatic heterocycles. The first-order valence-corrected chi connectivity index (χ1v) is 5.38. The number of alkyl halides is 3. The summed E-state index contributed by atoms with van der Waals surface area (Å²) in [7, 11) is 1.50. The molecule has 1 aromatic rings. The van der Waals surface area contributed by atoms with Crippen LogP contribution in [0.2, 0.25) is 0 Å². The van der Waals surface area contributed by atoms with Crippen molar-refractivity contribution < 1.29 is 27.8 Å². The number of hydrogen-bond acceptors (Lipinski definition) is 3. The highest BCUT2D eigenvalue weighted by molar-refractivity contribution is 5.30. The minimum atomic E-state index is -4.73. The molecule has 0 heterocycles. The van der Waals surface area contributed by atoms with Crippen molar-refractivity contribution in [2.45, 2.75) is 31.9 Å². The van der Waals surface area contributed by atoms with E-state index >= 15 is 0 Å². The number of methoxy groups -OCH3 is 1. The lowest BCUT2D eigenvalue weighted by Gasteiger charge is -2.16. The van der Waals surface area contributed by atoms with Crippen LogP contribution in [0.15, 0.2) is 24.3 Å². The van der Waals surface area contributed by atoms with Gasteiger partial charge < -0.3 is 14.6 Å². The molecule has 0 spiro atoms. The van der Waals surface area contributed by atoms with E-state index in [9.17, 15) is 18.3 Å². The highest BCUT2D eigenvalue weighted by Crippen LogP contribution is 2.27. The fraction of sp³-hybridized carbons (Fsp3) is 0.500. The van der Waals surface area contributed by atoms with Crippen LogP contribution in [-0.2, 0) is 4.74 Å². The van der Waals surface area contributed by atoms with Gasteiger partial charge in [-0.2, -0.15) is 0 Å². The van der Waals surface area contributed by atoms with E-state index < -0.39 is 12.5 Å². The Balaban J connectivity index is 2.75. The maximum atomic E-state index is 12.0. The smallest absolute Gasteiger partial charge is 0.406 e. The van der Waals surface area contributed by atoms with Gasteiger partial charge in [-0.3, -0.25) is 0 Å². The first kappa shape index (κ1) is 14.8. The third kappa shape index (κ3) is 4.93. The quantitative estimate of drug-likeness (QED) is 0.888. The number of halogens is 3. The second-order valence-electron chi connectivity index (χ2n) is 3.92. The molecule has 0 bridgehead atoms. The standard InChI is InChI=1S/C12H15F3O3/c1-8(17-2)6-11(16)9-4-3-5-10(7-9)18-12(13,14)15/h3-5,7-8,11,16H,6H2,1-2H3. The number of aliphatic hydroxyl groups excluding tert-OH is 1. The van der Waals surface area contributed by atoms with Gasteiger partial charge in [-0.15, -0.1) is 13.2 Å². The van der Waals surface area contributed by atoms with Crippen LogP contribution in [-0.4, -0.2) is 24.7 Å². The van der Waals surface area contributed by atoms with Crippen molar-refractivity contribution >= 4 is 0 Å². The van der Waals surface area contributed by atoms with E-state index in [2.05, 4.69) is 4.74 Å². The number of aliphatic hydroxyl groups is 1. The van der Waals surface area contributed by atoms with Crippen molar-refractivity contribution in [3.05, 3.63) is 29.8 Å². The number of hydrogen-bond donors (Lipinski definition) is 1. The van der Waals surface area contributed by atoms with Gasteiger partial charge in [0.25, 0.3) is 0 Å². The summed E-state index contributed by atoms with van der Waals surface area (Å²) in [5, 5.41) is 9.83. The molecule has 3 nitrogen and oxygen atoms in total. The van der Waals surface area contributed by atoms with E-state index in [1.54, 1.807) is 6.92 Å². The minimum Gasteiger partial charge on any atom is -0.406 e. The van der Waals surface area contributed by atoms with E-state index in [4.69, 9.17) is 4.74 Å². The van der Waals surface area contributed by atoms with Crippen molar-refractivity contribution in [3.63, 3.8) is 0 Å². The van der Waals surface area contributed by atoms with E-state index in [0.717, 1.165) is 0 Å². The molecule has 2 unspecified atom stereocenters. The van der Waals surface area contributed by atoms with Crippen LogP contribution in [0.25, 0.3) is 0 Å². The molecule has 1 aromatic carbocycles. The predicted octanol–water partition coefficient (Wildman–Crippen LogP) is 3.04. The van der Waals surface area contributed by atoms with Gasteiger partial charge in [0.15, 0.2) is 0 Å². The summed E-state index contributed by atoms with van der Waals surface area (Å²) < 4.78 is 44.9. The number of ether oxygens (including phenoxy) is 2. The Morgan fingerprint density at radius 1 is 1.33 bits per heavy atom. The Hall–Kier alpha value is -1.27. The van der Waals surface area contributed by atoms with Gasteiger partial charge >= 0.3 is 6.36 Å². The summed E-state index contributed by atoms with van der Waals surface area (Å²) in [6.07, 6.45) is -5.51. The molecule has 2 atom stereocenters. The number of rotatable bonds is 5. The Labute approximate surface area is 103 Å². The van der Waals surface area contributed by atoms with Gasteiger partial charge in [-0.1, -0.05) is 12.1 Å². The summed E-state index contributed by atoms with van der Waals surface area (Å²) >= 11 is 0. The first-order valence-electron chi connectivity index (χ1n) is 5.38. The summed E-state index contributed by atoms with van der Waals surface area (Å²) in [6, 6.07) is 5.29. The summed E-state index contributed by atoms with van der Waals surface area (Å²) in [6.45, 7) is 1.76. The fourth-order valence-electron chi connectivity index (χ4n) is 1.47.